The number of carbonyl (C=O) groups excluding carboxylic acids is 3. The van der Waals surface area contributed by atoms with Crippen LogP contribution >= 0.6 is 0 Å². The van der Waals surface area contributed by atoms with Crippen LogP contribution in [0.1, 0.15) is 77.7 Å². The second-order valence-corrected chi connectivity index (χ2v) is 12.9. The molecule has 0 unspecified atom stereocenters. The molecule has 4 aliphatic carbocycles. The summed E-state index contributed by atoms with van der Waals surface area (Å²) in [6, 6.07) is 9.54. The average molecular weight is 533 g/mol. The summed E-state index contributed by atoms with van der Waals surface area (Å²) >= 11 is 0. The molecule has 6 rings (SSSR count). The van der Waals surface area contributed by atoms with Gasteiger partial charge < -0.3 is 14.2 Å². The van der Waals surface area contributed by atoms with Crippen molar-refractivity contribution in [3.63, 3.8) is 0 Å². The third-order valence-corrected chi connectivity index (χ3v) is 11.1. The number of hydrogen-bond acceptors (Lipinski definition) is 6. The fourth-order valence-electron chi connectivity index (χ4n) is 9.24. The smallest absolute Gasteiger partial charge is 0.346 e. The second kappa shape index (κ2) is 9.94. The molecule has 6 nitrogen and oxygen atoms in total. The maximum Gasteiger partial charge on any atom is 0.346 e. The van der Waals surface area contributed by atoms with Gasteiger partial charge in [0.05, 0.1) is 0 Å². The molecule has 3 saturated carbocycles. The Balaban J connectivity index is 1.22. The fraction of sp³-hybridized carbons (Fsp3) is 0.606. The Morgan fingerprint density at radius 1 is 1.03 bits per heavy atom. The van der Waals surface area contributed by atoms with Crippen LogP contribution in [-0.2, 0) is 35.2 Å². The van der Waals surface area contributed by atoms with Gasteiger partial charge in [-0.25, -0.2) is 9.59 Å². The van der Waals surface area contributed by atoms with Crippen LogP contribution in [0, 0.1) is 34.5 Å². The number of fused-ring (bicyclic) bond motifs is 5. The zero-order valence-corrected chi connectivity index (χ0v) is 23.4. The summed E-state index contributed by atoms with van der Waals surface area (Å²) in [4.78, 5) is 37.5. The Morgan fingerprint density at radius 2 is 1.82 bits per heavy atom. The molecule has 3 fully saturated rings. The highest BCUT2D eigenvalue weighted by Crippen LogP contribution is 2.67. The standard InChI is InChI=1S/C33H40O6/c1-20(34)39-23-13-15-32(2)22(17-23)9-10-24-26-11-12-27(33(26,3)16-14-28(24)32)25-19-38-31(36)29(25)30(35)37-18-21-7-5-4-6-8-21/h4-9,23-24,26-28H,10-19H2,1-3H3/t23-,24-,26+,27+,28-,32-,33-/m0/s1. The van der Waals surface area contributed by atoms with Crippen molar-refractivity contribution in [3.8, 4) is 0 Å². The van der Waals surface area contributed by atoms with E-state index in [0.29, 0.717) is 17.8 Å². The number of hydrogen-bond donors (Lipinski definition) is 0. The molecule has 0 spiro atoms. The van der Waals surface area contributed by atoms with Crippen LogP contribution in [0.4, 0.5) is 0 Å². The molecule has 208 valence electrons. The summed E-state index contributed by atoms with van der Waals surface area (Å²) < 4.78 is 16.7. The normalized spacial score (nSPS) is 37.3. The number of cyclic esters (lactones) is 1. The molecule has 39 heavy (non-hydrogen) atoms. The average Bonchev–Trinajstić information content (AvgIpc) is 3.46. The van der Waals surface area contributed by atoms with Crippen molar-refractivity contribution in [2.75, 3.05) is 6.61 Å². The highest BCUT2D eigenvalue weighted by atomic mass is 16.6. The first-order valence-corrected chi connectivity index (χ1v) is 14.7. The van der Waals surface area contributed by atoms with Gasteiger partial charge in [0.2, 0.25) is 0 Å². The van der Waals surface area contributed by atoms with E-state index in [1.54, 1.807) is 0 Å². The minimum Gasteiger partial charge on any atom is -0.462 e. The lowest BCUT2D eigenvalue weighted by molar-refractivity contribution is -0.149. The Bertz CT molecular complexity index is 1230. The van der Waals surface area contributed by atoms with Crippen molar-refractivity contribution in [1.29, 1.82) is 0 Å². The number of allylic oxidation sites excluding steroid dienone is 1. The molecule has 1 aliphatic heterocycles. The van der Waals surface area contributed by atoms with Crippen LogP contribution in [0.25, 0.3) is 0 Å². The first-order chi connectivity index (χ1) is 18.7. The lowest BCUT2D eigenvalue weighted by Gasteiger charge is -2.58. The lowest BCUT2D eigenvalue weighted by atomic mass is 9.47. The van der Waals surface area contributed by atoms with Gasteiger partial charge >= 0.3 is 17.9 Å². The van der Waals surface area contributed by atoms with Crippen LogP contribution < -0.4 is 0 Å². The van der Waals surface area contributed by atoms with Gasteiger partial charge in [-0.15, -0.1) is 0 Å². The summed E-state index contributed by atoms with van der Waals surface area (Å²) in [6.45, 7) is 6.69. The maximum atomic E-state index is 13.2. The third-order valence-electron chi connectivity index (χ3n) is 11.1. The van der Waals surface area contributed by atoms with E-state index in [1.807, 2.05) is 30.3 Å². The van der Waals surface area contributed by atoms with Gasteiger partial charge in [0.25, 0.3) is 0 Å². The molecule has 0 aromatic heterocycles. The molecule has 5 aliphatic rings. The van der Waals surface area contributed by atoms with Crippen LogP contribution in [0.15, 0.2) is 53.1 Å². The molecule has 1 aromatic carbocycles. The van der Waals surface area contributed by atoms with Crippen molar-refractivity contribution in [1.82, 2.24) is 0 Å². The number of rotatable bonds is 5. The minimum absolute atomic E-state index is 0.00926. The van der Waals surface area contributed by atoms with Gasteiger partial charge in [-0.05, 0) is 90.6 Å². The summed E-state index contributed by atoms with van der Waals surface area (Å²) in [7, 11) is 0. The highest BCUT2D eigenvalue weighted by Gasteiger charge is 2.60. The van der Waals surface area contributed by atoms with Crippen molar-refractivity contribution < 1.29 is 28.6 Å². The molecular formula is C33H40O6. The topological polar surface area (TPSA) is 78.9 Å². The number of carbonyl (C=O) groups is 3. The van der Waals surface area contributed by atoms with Crippen molar-refractivity contribution in [3.05, 3.63) is 58.7 Å². The zero-order valence-electron chi connectivity index (χ0n) is 23.4. The first kappa shape index (κ1) is 26.3. The van der Waals surface area contributed by atoms with Crippen molar-refractivity contribution >= 4 is 17.9 Å². The zero-order chi connectivity index (χ0) is 27.4. The molecule has 0 radical (unpaired) electrons. The quantitative estimate of drug-likeness (QED) is 0.198. The molecule has 0 amide bonds. The SMILES string of the molecule is CC(=O)O[C@H]1CC[C@@]2(C)C(=CC[C@H]3[C@H]4CC[C@H](C5=C(C(=O)OCc6ccccc6)C(=O)OC5)[C@@]4(C)CC[C@@H]32)C1. The van der Waals surface area contributed by atoms with E-state index in [2.05, 4.69) is 19.9 Å². The van der Waals surface area contributed by atoms with E-state index >= 15 is 0 Å². The second-order valence-electron chi connectivity index (χ2n) is 12.9. The molecule has 7 atom stereocenters. The van der Waals surface area contributed by atoms with Gasteiger partial charge in [0.15, 0.2) is 0 Å². The van der Waals surface area contributed by atoms with Crippen LogP contribution in [0.3, 0.4) is 0 Å². The molecule has 1 aromatic rings. The van der Waals surface area contributed by atoms with E-state index < -0.39 is 11.9 Å². The van der Waals surface area contributed by atoms with Crippen LogP contribution in [0.2, 0.25) is 0 Å². The molecular weight excluding hydrogens is 492 g/mol. The predicted molar refractivity (Wildman–Crippen MR) is 145 cm³/mol. The van der Waals surface area contributed by atoms with Crippen molar-refractivity contribution in [2.45, 2.75) is 84.8 Å². The molecule has 0 saturated heterocycles. The van der Waals surface area contributed by atoms with Gasteiger partial charge in [-0.2, -0.15) is 0 Å². The number of esters is 3. The van der Waals surface area contributed by atoms with Gasteiger partial charge in [0, 0.05) is 13.3 Å². The van der Waals surface area contributed by atoms with Gasteiger partial charge in [0.1, 0.15) is 24.9 Å². The Morgan fingerprint density at radius 3 is 2.59 bits per heavy atom. The van der Waals surface area contributed by atoms with E-state index in [1.165, 1.54) is 12.5 Å². The summed E-state index contributed by atoms with van der Waals surface area (Å²) in [5.41, 5.74) is 3.58. The summed E-state index contributed by atoms with van der Waals surface area (Å²) in [5, 5.41) is 0. The number of benzene rings is 1. The molecule has 0 bridgehead atoms. The largest absolute Gasteiger partial charge is 0.462 e. The van der Waals surface area contributed by atoms with Crippen molar-refractivity contribution in [2.24, 2.45) is 34.5 Å². The molecule has 6 heteroatoms. The predicted octanol–water partition coefficient (Wildman–Crippen LogP) is 6.09. The Hall–Kier alpha value is -2.89. The van der Waals surface area contributed by atoms with E-state index in [4.69, 9.17) is 14.2 Å². The van der Waals surface area contributed by atoms with Crippen LogP contribution in [0.5, 0.6) is 0 Å². The fourth-order valence-corrected chi connectivity index (χ4v) is 9.24. The summed E-state index contributed by atoms with van der Waals surface area (Å²) in [5.74, 6) is 0.651. The van der Waals surface area contributed by atoms with Gasteiger partial charge in [-0.3, -0.25) is 4.79 Å². The Kier molecular flexibility index (Phi) is 6.71. The third kappa shape index (κ3) is 4.44. The summed E-state index contributed by atoms with van der Waals surface area (Å²) in [6.07, 6.45) is 10.7. The minimum atomic E-state index is -0.556. The lowest BCUT2D eigenvalue weighted by Crippen LogP contribution is -2.50. The number of ether oxygens (including phenoxy) is 3. The monoisotopic (exact) mass is 532 g/mol. The van der Waals surface area contributed by atoms with Crippen LogP contribution in [-0.4, -0.2) is 30.6 Å². The highest BCUT2D eigenvalue weighted by molar-refractivity contribution is 6.16. The molecule has 0 N–H and O–H groups in total. The molecule has 1 heterocycles. The van der Waals surface area contributed by atoms with E-state index in [0.717, 1.165) is 62.5 Å². The van der Waals surface area contributed by atoms with Gasteiger partial charge in [-0.1, -0.05) is 55.8 Å². The van der Waals surface area contributed by atoms with E-state index in [-0.39, 0.29) is 47.6 Å². The first-order valence-electron chi connectivity index (χ1n) is 14.7. The maximum absolute atomic E-state index is 13.2. The Labute approximate surface area is 231 Å². The van der Waals surface area contributed by atoms with E-state index in [9.17, 15) is 14.4 Å².